The molecule has 0 saturated heterocycles. The number of hydrogen-bond acceptors (Lipinski definition) is 2. The summed E-state index contributed by atoms with van der Waals surface area (Å²) < 4.78 is 5.65. The number of rotatable bonds is 6. The molecule has 1 heterocycles. The number of H-pyrrole nitrogens is 1. The maximum absolute atomic E-state index is 5.65. The summed E-state index contributed by atoms with van der Waals surface area (Å²) in [5.74, 6) is 0.567. The van der Waals surface area contributed by atoms with Gasteiger partial charge in [0.05, 0.1) is 12.9 Å². The lowest BCUT2D eigenvalue weighted by molar-refractivity contribution is 0.111. The number of nitrogens with one attached hydrogen (secondary N) is 1. The molecule has 1 atom stereocenters. The summed E-state index contributed by atoms with van der Waals surface area (Å²) in [4.78, 5) is 7.07. The van der Waals surface area contributed by atoms with Crippen LogP contribution in [0.4, 0.5) is 0 Å². The first-order valence-corrected chi connectivity index (χ1v) is 5.83. The van der Waals surface area contributed by atoms with E-state index in [0.717, 1.165) is 32.5 Å². The van der Waals surface area contributed by atoms with Gasteiger partial charge in [-0.2, -0.15) is 0 Å². The smallest absolute Gasteiger partial charge is 0.0921 e. The number of aromatic nitrogens is 2. The first-order chi connectivity index (χ1) is 7.95. The largest absolute Gasteiger partial charge is 0.381 e. The highest BCUT2D eigenvalue weighted by Gasteiger charge is 2.04. The van der Waals surface area contributed by atoms with Crippen LogP contribution < -0.4 is 0 Å². The molecule has 3 nitrogen and oxygen atoms in total. The third-order valence-electron chi connectivity index (χ3n) is 2.69. The predicted octanol–water partition coefficient (Wildman–Crippen LogP) is 2.49. The number of aromatic amines is 1. The van der Waals surface area contributed by atoms with Gasteiger partial charge in [0, 0.05) is 24.4 Å². The molecule has 1 aromatic heterocycles. The van der Waals surface area contributed by atoms with E-state index in [-0.39, 0.29) is 0 Å². The summed E-state index contributed by atoms with van der Waals surface area (Å²) in [5.41, 5.74) is 1.18. The van der Waals surface area contributed by atoms with E-state index in [4.69, 9.17) is 4.74 Å². The molecule has 1 unspecified atom stereocenters. The van der Waals surface area contributed by atoms with Gasteiger partial charge in [0.15, 0.2) is 0 Å². The molecule has 0 aromatic carbocycles. The second-order valence-corrected chi connectivity index (χ2v) is 4.06. The van der Waals surface area contributed by atoms with E-state index >= 15 is 0 Å². The molecule has 0 saturated carbocycles. The van der Waals surface area contributed by atoms with Crippen molar-refractivity contribution in [3.05, 3.63) is 42.5 Å². The molecular formula is C13H18N2O. The van der Waals surface area contributed by atoms with Gasteiger partial charge >= 0.3 is 0 Å². The van der Waals surface area contributed by atoms with Crippen molar-refractivity contribution in [2.45, 2.75) is 19.3 Å². The number of ether oxygens (including phenoxy) is 1. The van der Waals surface area contributed by atoms with Crippen LogP contribution >= 0.6 is 0 Å². The lowest BCUT2D eigenvalue weighted by atomic mass is 10.0. The first kappa shape index (κ1) is 11.1. The van der Waals surface area contributed by atoms with Gasteiger partial charge in [-0.3, -0.25) is 0 Å². The fourth-order valence-electron chi connectivity index (χ4n) is 1.78. The van der Waals surface area contributed by atoms with Crippen molar-refractivity contribution < 1.29 is 4.74 Å². The molecule has 0 aliphatic heterocycles. The van der Waals surface area contributed by atoms with Crippen LogP contribution in [-0.4, -0.2) is 23.2 Å². The second kappa shape index (κ2) is 6.28. The summed E-state index contributed by atoms with van der Waals surface area (Å²) in [6.45, 7) is 1.66. The van der Waals surface area contributed by atoms with Crippen molar-refractivity contribution in [1.29, 1.82) is 0 Å². The Morgan fingerprint density at radius 1 is 1.44 bits per heavy atom. The lowest BCUT2D eigenvalue weighted by Crippen LogP contribution is -2.09. The third kappa shape index (κ3) is 3.66. The van der Waals surface area contributed by atoms with Crippen molar-refractivity contribution in [3.63, 3.8) is 0 Å². The summed E-state index contributed by atoms with van der Waals surface area (Å²) >= 11 is 0. The quantitative estimate of drug-likeness (QED) is 0.745. The minimum absolute atomic E-state index is 0.567. The average molecular weight is 218 g/mol. The Bertz CT molecular complexity index is 341. The summed E-state index contributed by atoms with van der Waals surface area (Å²) in [7, 11) is 0. The van der Waals surface area contributed by atoms with Crippen molar-refractivity contribution >= 4 is 0 Å². The van der Waals surface area contributed by atoms with Crippen LogP contribution in [0.3, 0.4) is 0 Å². The lowest BCUT2D eigenvalue weighted by Gasteiger charge is -2.12. The first-order valence-electron chi connectivity index (χ1n) is 5.83. The molecule has 0 amide bonds. The topological polar surface area (TPSA) is 37.9 Å². The van der Waals surface area contributed by atoms with Crippen LogP contribution in [0.15, 0.2) is 36.8 Å². The van der Waals surface area contributed by atoms with E-state index in [0.29, 0.717) is 5.92 Å². The summed E-state index contributed by atoms with van der Waals surface area (Å²) in [6, 6.07) is 0. The maximum atomic E-state index is 5.65. The van der Waals surface area contributed by atoms with Crippen LogP contribution in [0, 0.1) is 5.92 Å². The monoisotopic (exact) mass is 218 g/mol. The Hall–Kier alpha value is -1.35. The highest BCUT2D eigenvalue weighted by molar-refractivity contribution is 5.10. The van der Waals surface area contributed by atoms with Gasteiger partial charge in [-0.25, -0.2) is 4.98 Å². The second-order valence-electron chi connectivity index (χ2n) is 4.06. The number of hydrogen-bond donors (Lipinski definition) is 1. The van der Waals surface area contributed by atoms with E-state index in [2.05, 4.69) is 34.3 Å². The minimum atomic E-state index is 0.567. The molecule has 0 spiro atoms. The molecule has 0 fully saturated rings. The van der Waals surface area contributed by atoms with Gasteiger partial charge in [-0.05, 0) is 19.3 Å². The van der Waals surface area contributed by atoms with Crippen molar-refractivity contribution in [2.75, 3.05) is 13.2 Å². The predicted molar refractivity (Wildman–Crippen MR) is 64.1 cm³/mol. The van der Waals surface area contributed by atoms with Gasteiger partial charge < -0.3 is 9.72 Å². The molecule has 1 aromatic rings. The van der Waals surface area contributed by atoms with Crippen molar-refractivity contribution in [2.24, 2.45) is 5.92 Å². The fraction of sp³-hybridized carbons (Fsp3) is 0.462. The van der Waals surface area contributed by atoms with Gasteiger partial charge in [0.25, 0.3) is 0 Å². The molecule has 2 rings (SSSR count). The number of aryl methyl sites for hydroxylation is 1. The van der Waals surface area contributed by atoms with Crippen molar-refractivity contribution in [3.8, 4) is 0 Å². The molecule has 16 heavy (non-hydrogen) atoms. The van der Waals surface area contributed by atoms with Gasteiger partial charge in [0.1, 0.15) is 0 Å². The number of imidazole rings is 1. The molecule has 0 bridgehead atoms. The summed E-state index contributed by atoms with van der Waals surface area (Å²) in [6.07, 6.45) is 15.4. The van der Waals surface area contributed by atoms with E-state index in [9.17, 15) is 0 Å². The summed E-state index contributed by atoms with van der Waals surface area (Å²) in [5, 5.41) is 0. The Morgan fingerprint density at radius 2 is 2.44 bits per heavy atom. The van der Waals surface area contributed by atoms with Gasteiger partial charge in [-0.15, -0.1) is 0 Å². The Kier molecular flexibility index (Phi) is 4.37. The number of nitrogens with zero attached hydrogens (tertiary/aromatic N) is 1. The van der Waals surface area contributed by atoms with Crippen LogP contribution in [0.5, 0.6) is 0 Å². The van der Waals surface area contributed by atoms with Crippen LogP contribution in [0.1, 0.15) is 18.5 Å². The van der Waals surface area contributed by atoms with Crippen LogP contribution in [0.2, 0.25) is 0 Å². The molecule has 1 aliphatic carbocycles. The van der Waals surface area contributed by atoms with Crippen LogP contribution in [-0.2, 0) is 11.2 Å². The van der Waals surface area contributed by atoms with Gasteiger partial charge in [-0.1, -0.05) is 24.3 Å². The SMILES string of the molecule is C1=CCC(COCCCc2cnc[nH]2)C=C1. The number of allylic oxidation sites excluding steroid dienone is 3. The molecular weight excluding hydrogens is 200 g/mol. The Balaban J connectivity index is 1.52. The van der Waals surface area contributed by atoms with E-state index < -0.39 is 0 Å². The minimum Gasteiger partial charge on any atom is -0.381 e. The standard InChI is InChI=1S/C13H18N2O/c1-2-5-12(6-3-1)10-16-8-4-7-13-9-14-11-15-13/h1-3,5,9,11-12H,4,6-8,10H2,(H,14,15). The molecule has 0 radical (unpaired) electrons. The zero-order valence-electron chi connectivity index (χ0n) is 9.43. The Morgan fingerprint density at radius 3 is 3.19 bits per heavy atom. The normalized spacial score (nSPS) is 19.1. The van der Waals surface area contributed by atoms with E-state index in [1.807, 2.05) is 6.20 Å². The van der Waals surface area contributed by atoms with Crippen LogP contribution in [0.25, 0.3) is 0 Å². The molecule has 3 heteroatoms. The third-order valence-corrected chi connectivity index (χ3v) is 2.69. The highest BCUT2D eigenvalue weighted by Crippen LogP contribution is 2.11. The fourth-order valence-corrected chi connectivity index (χ4v) is 1.78. The van der Waals surface area contributed by atoms with E-state index in [1.54, 1.807) is 6.33 Å². The van der Waals surface area contributed by atoms with Crippen molar-refractivity contribution in [1.82, 2.24) is 9.97 Å². The Labute approximate surface area is 96.2 Å². The average Bonchev–Trinajstić information content (AvgIpc) is 2.83. The zero-order chi connectivity index (χ0) is 11.1. The zero-order valence-corrected chi connectivity index (χ0v) is 9.43. The highest BCUT2D eigenvalue weighted by atomic mass is 16.5. The maximum Gasteiger partial charge on any atom is 0.0921 e. The molecule has 1 aliphatic rings. The van der Waals surface area contributed by atoms with E-state index in [1.165, 1.54) is 5.69 Å². The molecule has 86 valence electrons. The molecule has 1 N–H and O–H groups in total. The van der Waals surface area contributed by atoms with Gasteiger partial charge in [0.2, 0.25) is 0 Å².